The van der Waals surface area contributed by atoms with E-state index in [1.54, 1.807) is 4.68 Å². The Morgan fingerprint density at radius 2 is 2.15 bits per heavy atom. The van der Waals surface area contributed by atoms with Crippen LogP contribution in [0.15, 0.2) is 30.5 Å². The zero-order chi connectivity index (χ0) is 19.4. The number of hydrogen-bond donors (Lipinski definition) is 1. The molecule has 27 heavy (non-hydrogen) atoms. The number of halogens is 2. The molecule has 1 atom stereocenters. The number of hydrogen-bond acceptors (Lipinski definition) is 3. The van der Waals surface area contributed by atoms with E-state index in [1.165, 1.54) is 17.0 Å². The van der Waals surface area contributed by atoms with Crippen LogP contribution in [0, 0.1) is 11.6 Å². The van der Waals surface area contributed by atoms with Crippen molar-refractivity contribution in [2.24, 2.45) is 0 Å². The molecule has 1 N–H and O–H groups in total. The highest BCUT2D eigenvalue weighted by molar-refractivity contribution is 5.82. The van der Waals surface area contributed by atoms with Gasteiger partial charge >= 0.3 is 0 Å². The van der Waals surface area contributed by atoms with E-state index in [9.17, 15) is 18.4 Å². The molecule has 1 aromatic carbocycles. The van der Waals surface area contributed by atoms with E-state index in [1.807, 2.05) is 19.2 Å². The van der Waals surface area contributed by atoms with E-state index in [0.717, 1.165) is 18.3 Å². The molecule has 2 heterocycles. The van der Waals surface area contributed by atoms with Gasteiger partial charge in [-0.05, 0) is 25.5 Å². The number of carbonyl (C=O) groups is 2. The maximum atomic E-state index is 13.9. The van der Waals surface area contributed by atoms with Gasteiger partial charge in [-0.15, -0.1) is 0 Å². The molecule has 1 aliphatic heterocycles. The summed E-state index contributed by atoms with van der Waals surface area (Å²) in [6, 6.07) is 5.40. The third-order valence-corrected chi connectivity index (χ3v) is 4.73. The second-order valence-corrected chi connectivity index (χ2v) is 6.57. The van der Waals surface area contributed by atoms with Crippen LogP contribution in [0.2, 0.25) is 0 Å². The average Bonchev–Trinajstić information content (AvgIpc) is 3.25. The van der Waals surface area contributed by atoms with Gasteiger partial charge in [0.15, 0.2) is 11.6 Å². The lowest BCUT2D eigenvalue weighted by atomic mass is 10.1. The van der Waals surface area contributed by atoms with Crippen molar-refractivity contribution in [3.8, 4) is 0 Å². The van der Waals surface area contributed by atoms with Crippen LogP contribution in [0.3, 0.4) is 0 Å². The molecular weight excluding hydrogens is 354 g/mol. The van der Waals surface area contributed by atoms with E-state index in [-0.39, 0.29) is 36.4 Å². The molecule has 144 valence electrons. The first-order valence-corrected chi connectivity index (χ1v) is 8.99. The molecule has 0 radical (unpaired) electrons. The smallest absolute Gasteiger partial charge is 0.223 e. The summed E-state index contributed by atoms with van der Waals surface area (Å²) in [6.45, 7) is 3.00. The Morgan fingerprint density at radius 3 is 2.89 bits per heavy atom. The average molecular weight is 376 g/mol. The lowest BCUT2D eigenvalue weighted by Gasteiger charge is -2.24. The monoisotopic (exact) mass is 376 g/mol. The molecule has 8 heteroatoms. The number of nitrogens with zero attached hydrogens (tertiary/aromatic N) is 3. The normalized spacial score (nSPS) is 16.8. The van der Waals surface area contributed by atoms with Crippen LogP contribution in [0.5, 0.6) is 0 Å². The van der Waals surface area contributed by atoms with Crippen molar-refractivity contribution < 1.29 is 18.4 Å². The summed E-state index contributed by atoms with van der Waals surface area (Å²) in [4.78, 5) is 25.9. The number of rotatable bonds is 7. The Hall–Kier alpha value is -2.77. The second kappa shape index (κ2) is 8.28. The fraction of sp³-hybridized carbons (Fsp3) is 0.421. The molecule has 1 saturated heterocycles. The van der Waals surface area contributed by atoms with Gasteiger partial charge in [0.1, 0.15) is 0 Å². The molecule has 0 spiro atoms. The van der Waals surface area contributed by atoms with Crippen molar-refractivity contribution in [2.75, 3.05) is 0 Å². The van der Waals surface area contributed by atoms with E-state index in [2.05, 4.69) is 10.4 Å². The van der Waals surface area contributed by atoms with Crippen LogP contribution in [0.25, 0.3) is 0 Å². The first kappa shape index (κ1) is 19.0. The predicted molar refractivity (Wildman–Crippen MR) is 94.3 cm³/mol. The Balaban J connectivity index is 1.58. The third-order valence-electron chi connectivity index (χ3n) is 4.73. The molecule has 3 rings (SSSR count). The largest absolute Gasteiger partial charge is 0.350 e. The molecule has 0 saturated carbocycles. The highest BCUT2D eigenvalue weighted by atomic mass is 19.2. The fourth-order valence-corrected chi connectivity index (χ4v) is 3.23. The summed E-state index contributed by atoms with van der Waals surface area (Å²) >= 11 is 0. The number of aromatic nitrogens is 2. The minimum absolute atomic E-state index is 0.0404. The topological polar surface area (TPSA) is 67.2 Å². The summed E-state index contributed by atoms with van der Waals surface area (Å²) in [5, 5.41) is 7.09. The second-order valence-electron chi connectivity index (χ2n) is 6.57. The van der Waals surface area contributed by atoms with Gasteiger partial charge in [0, 0.05) is 43.7 Å². The van der Waals surface area contributed by atoms with Crippen molar-refractivity contribution in [3.05, 3.63) is 53.4 Å². The van der Waals surface area contributed by atoms with Crippen LogP contribution < -0.4 is 5.32 Å². The summed E-state index contributed by atoms with van der Waals surface area (Å²) in [5.41, 5.74) is 0.868. The van der Waals surface area contributed by atoms with Gasteiger partial charge in [-0.25, -0.2) is 8.78 Å². The van der Waals surface area contributed by atoms with E-state index >= 15 is 0 Å². The highest BCUT2D eigenvalue weighted by Gasteiger charge is 2.33. The summed E-state index contributed by atoms with van der Waals surface area (Å²) in [7, 11) is 0. The first-order chi connectivity index (χ1) is 13.0. The van der Waals surface area contributed by atoms with Gasteiger partial charge in [0.2, 0.25) is 11.8 Å². The first-order valence-electron chi connectivity index (χ1n) is 8.99. The van der Waals surface area contributed by atoms with Gasteiger partial charge in [-0.2, -0.15) is 5.10 Å². The van der Waals surface area contributed by atoms with Gasteiger partial charge in [0.25, 0.3) is 0 Å². The Kier molecular flexibility index (Phi) is 5.83. The van der Waals surface area contributed by atoms with Crippen molar-refractivity contribution >= 4 is 11.8 Å². The Labute approximate surface area is 156 Å². The van der Waals surface area contributed by atoms with Gasteiger partial charge in [0.05, 0.1) is 12.2 Å². The summed E-state index contributed by atoms with van der Waals surface area (Å²) in [5.74, 6) is -2.25. The standard InChI is InChI=1S/C19H22F2N4O2/c1-2-24-9-8-14(23-24)11-22-17(26)10-15-6-7-18(27)25(15)12-13-4-3-5-16(20)19(13)21/h3-5,8-9,15H,2,6-7,10-12H2,1H3,(H,22,26). The number of carbonyl (C=O) groups excluding carboxylic acids is 2. The molecule has 1 unspecified atom stereocenters. The van der Waals surface area contributed by atoms with Crippen molar-refractivity contribution in [1.82, 2.24) is 20.0 Å². The summed E-state index contributed by atoms with van der Waals surface area (Å²) < 4.78 is 29.1. The number of aryl methyl sites for hydroxylation is 1. The minimum atomic E-state index is -0.952. The molecule has 6 nitrogen and oxygen atoms in total. The SMILES string of the molecule is CCn1ccc(CNC(=O)CC2CCC(=O)N2Cc2cccc(F)c2F)n1. The van der Waals surface area contributed by atoms with E-state index < -0.39 is 11.6 Å². The van der Waals surface area contributed by atoms with Crippen LogP contribution in [0.4, 0.5) is 8.78 Å². The third kappa shape index (κ3) is 4.50. The van der Waals surface area contributed by atoms with E-state index in [0.29, 0.717) is 19.4 Å². The number of likely N-dealkylation sites (tertiary alicyclic amines) is 1. The predicted octanol–water partition coefficient (Wildman–Crippen LogP) is 2.38. The lowest BCUT2D eigenvalue weighted by molar-refractivity contribution is -0.130. The molecule has 2 aromatic rings. The highest BCUT2D eigenvalue weighted by Crippen LogP contribution is 2.25. The zero-order valence-corrected chi connectivity index (χ0v) is 15.1. The Morgan fingerprint density at radius 1 is 1.33 bits per heavy atom. The molecule has 1 aliphatic rings. The lowest BCUT2D eigenvalue weighted by Crippen LogP contribution is -2.37. The quantitative estimate of drug-likeness (QED) is 0.807. The maximum absolute atomic E-state index is 13.9. The Bertz CT molecular complexity index is 837. The van der Waals surface area contributed by atoms with Crippen molar-refractivity contribution in [3.63, 3.8) is 0 Å². The molecule has 0 aliphatic carbocycles. The molecule has 2 amide bonds. The zero-order valence-electron chi connectivity index (χ0n) is 15.1. The van der Waals surface area contributed by atoms with Gasteiger partial charge in [-0.1, -0.05) is 12.1 Å². The number of nitrogens with one attached hydrogen (secondary N) is 1. The summed E-state index contributed by atoms with van der Waals surface area (Å²) in [6.07, 6.45) is 2.78. The van der Waals surface area contributed by atoms with Crippen molar-refractivity contribution in [1.29, 1.82) is 0 Å². The van der Waals surface area contributed by atoms with Gasteiger partial charge in [-0.3, -0.25) is 14.3 Å². The number of amides is 2. The maximum Gasteiger partial charge on any atom is 0.223 e. The van der Waals surface area contributed by atoms with Gasteiger partial charge < -0.3 is 10.2 Å². The van der Waals surface area contributed by atoms with Crippen LogP contribution in [0.1, 0.15) is 37.4 Å². The fourth-order valence-electron chi connectivity index (χ4n) is 3.23. The molecule has 1 fully saturated rings. The van der Waals surface area contributed by atoms with Crippen LogP contribution in [-0.4, -0.2) is 32.5 Å². The van der Waals surface area contributed by atoms with Crippen molar-refractivity contribution in [2.45, 2.75) is 51.9 Å². The van der Waals surface area contributed by atoms with E-state index in [4.69, 9.17) is 0 Å². The van der Waals surface area contributed by atoms with Crippen LogP contribution >= 0.6 is 0 Å². The molecule has 0 bridgehead atoms. The minimum Gasteiger partial charge on any atom is -0.350 e. The molecular formula is C19H22F2N4O2. The van der Waals surface area contributed by atoms with Crippen LogP contribution in [-0.2, 0) is 29.2 Å². The molecule has 1 aromatic heterocycles. The number of benzene rings is 1.